The van der Waals surface area contributed by atoms with E-state index in [0.717, 1.165) is 16.9 Å². The summed E-state index contributed by atoms with van der Waals surface area (Å²) in [6.07, 6.45) is -0.0118. The van der Waals surface area contributed by atoms with Crippen molar-refractivity contribution in [3.63, 3.8) is 0 Å². The number of rotatable bonds is 7. The lowest BCUT2D eigenvalue weighted by Crippen LogP contribution is -2.18. The van der Waals surface area contributed by atoms with E-state index in [-0.39, 0.29) is 17.9 Å². The number of aromatic amines is 1. The first-order valence-corrected chi connectivity index (χ1v) is 10.2. The van der Waals surface area contributed by atoms with Crippen LogP contribution in [0.1, 0.15) is 16.8 Å². The van der Waals surface area contributed by atoms with Crippen molar-refractivity contribution in [1.82, 2.24) is 9.97 Å². The summed E-state index contributed by atoms with van der Waals surface area (Å²) in [7, 11) is 1.62. The molecule has 150 valence electrons. The molecule has 3 rings (SSSR count). The van der Waals surface area contributed by atoms with Crippen LogP contribution in [0.25, 0.3) is 0 Å². The summed E-state index contributed by atoms with van der Waals surface area (Å²) in [5.41, 5.74) is 2.67. The van der Waals surface area contributed by atoms with Crippen molar-refractivity contribution in [2.24, 2.45) is 0 Å². The van der Waals surface area contributed by atoms with Gasteiger partial charge in [0.1, 0.15) is 5.75 Å². The van der Waals surface area contributed by atoms with E-state index in [1.807, 2.05) is 37.3 Å². The van der Waals surface area contributed by atoms with E-state index in [4.69, 9.17) is 16.3 Å². The Balaban J connectivity index is 1.65. The largest absolute Gasteiger partial charge is 0.497 e. The van der Waals surface area contributed by atoms with Gasteiger partial charge in [0.25, 0.3) is 5.56 Å². The van der Waals surface area contributed by atoms with Crippen molar-refractivity contribution in [3.8, 4) is 5.75 Å². The van der Waals surface area contributed by atoms with Crippen LogP contribution in [-0.2, 0) is 17.0 Å². The zero-order valence-electron chi connectivity index (χ0n) is 16.0. The van der Waals surface area contributed by atoms with Crippen LogP contribution in [0.5, 0.6) is 5.75 Å². The molecule has 0 radical (unpaired) electrons. The molecule has 0 aliphatic rings. The van der Waals surface area contributed by atoms with Gasteiger partial charge in [-0.25, -0.2) is 4.98 Å². The van der Waals surface area contributed by atoms with Crippen LogP contribution in [0.4, 0.5) is 5.69 Å². The molecule has 0 spiro atoms. The van der Waals surface area contributed by atoms with Crippen LogP contribution in [-0.4, -0.2) is 23.0 Å². The molecule has 8 heteroatoms. The van der Waals surface area contributed by atoms with Crippen LogP contribution in [0.3, 0.4) is 0 Å². The fourth-order valence-electron chi connectivity index (χ4n) is 2.60. The van der Waals surface area contributed by atoms with Gasteiger partial charge in [-0.15, -0.1) is 0 Å². The van der Waals surface area contributed by atoms with Crippen molar-refractivity contribution in [3.05, 3.63) is 80.7 Å². The van der Waals surface area contributed by atoms with Crippen LogP contribution in [0.15, 0.2) is 58.5 Å². The number of aryl methyl sites for hydroxylation is 1. The quantitative estimate of drug-likeness (QED) is 0.434. The van der Waals surface area contributed by atoms with E-state index in [1.54, 1.807) is 19.2 Å². The van der Waals surface area contributed by atoms with Crippen LogP contribution in [0, 0.1) is 6.92 Å². The number of halogens is 1. The smallest absolute Gasteiger partial charge is 0.251 e. The minimum atomic E-state index is -0.297. The summed E-state index contributed by atoms with van der Waals surface area (Å²) in [4.78, 5) is 31.4. The van der Waals surface area contributed by atoms with Gasteiger partial charge < -0.3 is 15.0 Å². The van der Waals surface area contributed by atoms with E-state index in [0.29, 0.717) is 27.3 Å². The highest BCUT2D eigenvalue weighted by atomic mass is 35.5. The molecule has 0 saturated heterocycles. The van der Waals surface area contributed by atoms with Gasteiger partial charge in [-0.1, -0.05) is 41.6 Å². The maximum absolute atomic E-state index is 12.3. The number of methoxy groups -OCH3 is 1. The second-order valence-corrected chi connectivity index (χ2v) is 7.74. The molecule has 2 aromatic carbocycles. The molecule has 0 saturated carbocycles. The summed E-state index contributed by atoms with van der Waals surface area (Å²) in [6, 6.07) is 14.3. The van der Waals surface area contributed by atoms with Gasteiger partial charge in [-0.05, 0) is 42.3 Å². The van der Waals surface area contributed by atoms with Crippen LogP contribution in [0.2, 0.25) is 5.02 Å². The number of carbonyl (C=O) groups is 1. The van der Waals surface area contributed by atoms with Gasteiger partial charge in [0.15, 0.2) is 5.16 Å². The predicted octanol–water partition coefficient (Wildman–Crippen LogP) is 4.21. The molecule has 29 heavy (non-hydrogen) atoms. The van der Waals surface area contributed by atoms with Gasteiger partial charge in [0.2, 0.25) is 5.91 Å². The Morgan fingerprint density at radius 3 is 2.83 bits per heavy atom. The number of aromatic nitrogens is 2. The third kappa shape index (κ3) is 6.10. The second-order valence-electron chi connectivity index (χ2n) is 6.37. The third-order valence-electron chi connectivity index (χ3n) is 4.08. The van der Waals surface area contributed by atoms with Gasteiger partial charge in [-0.3, -0.25) is 9.59 Å². The molecular formula is C21H20ClN3O3S. The fourth-order valence-corrected chi connectivity index (χ4v) is 3.61. The Hall–Kier alpha value is -2.77. The second kappa shape index (κ2) is 9.62. The van der Waals surface area contributed by atoms with E-state index < -0.39 is 0 Å². The molecule has 3 aromatic rings. The highest BCUT2D eigenvalue weighted by Gasteiger charge is 2.10. The zero-order valence-corrected chi connectivity index (χ0v) is 17.6. The molecule has 2 N–H and O–H groups in total. The topological polar surface area (TPSA) is 84.1 Å². The average molecular weight is 430 g/mol. The lowest BCUT2D eigenvalue weighted by atomic mass is 10.2. The molecule has 0 atom stereocenters. The number of H-pyrrole nitrogens is 1. The van der Waals surface area contributed by atoms with Gasteiger partial charge >= 0.3 is 0 Å². The standard InChI is InChI=1S/C21H20ClN3O3S/c1-13-6-7-15(9-18(13)22)23-19(26)10-16-11-20(27)25-21(24-16)29-12-14-4-3-5-17(8-14)28-2/h3-9,11H,10,12H2,1-2H3,(H,23,26)(H,24,25,27). The average Bonchev–Trinajstić information content (AvgIpc) is 2.69. The summed E-state index contributed by atoms with van der Waals surface area (Å²) in [5.74, 6) is 1.11. The molecule has 0 aliphatic carbocycles. The molecule has 0 bridgehead atoms. The minimum Gasteiger partial charge on any atom is -0.497 e. The van der Waals surface area contributed by atoms with E-state index >= 15 is 0 Å². The maximum atomic E-state index is 12.3. The number of benzene rings is 2. The first-order valence-electron chi connectivity index (χ1n) is 8.85. The number of hydrogen-bond acceptors (Lipinski definition) is 5. The number of nitrogens with zero attached hydrogens (tertiary/aromatic N) is 1. The lowest BCUT2D eigenvalue weighted by molar-refractivity contribution is -0.115. The van der Waals surface area contributed by atoms with E-state index in [9.17, 15) is 9.59 Å². The molecule has 1 aromatic heterocycles. The van der Waals surface area contributed by atoms with Crippen molar-refractivity contribution >= 4 is 35.0 Å². The van der Waals surface area contributed by atoms with Crippen molar-refractivity contribution in [1.29, 1.82) is 0 Å². The third-order valence-corrected chi connectivity index (χ3v) is 5.43. The number of nitrogens with one attached hydrogen (secondary N) is 2. The number of ether oxygens (including phenoxy) is 1. The minimum absolute atomic E-state index is 0.0118. The Morgan fingerprint density at radius 2 is 2.07 bits per heavy atom. The maximum Gasteiger partial charge on any atom is 0.251 e. The Kier molecular flexibility index (Phi) is 6.95. The zero-order chi connectivity index (χ0) is 20.8. The highest BCUT2D eigenvalue weighted by Crippen LogP contribution is 2.22. The van der Waals surface area contributed by atoms with Crippen molar-refractivity contribution in [2.45, 2.75) is 24.3 Å². The summed E-state index contributed by atoms with van der Waals surface area (Å²) in [5, 5.41) is 3.81. The Bertz CT molecular complexity index is 1080. The molecule has 0 unspecified atom stereocenters. The highest BCUT2D eigenvalue weighted by molar-refractivity contribution is 7.98. The van der Waals surface area contributed by atoms with E-state index in [2.05, 4.69) is 15.3 Å². The Morgan fingerprint density at radius 1 is 1.24 bits per heavy atom. The normalized spacial score (nSPS) is 10.6. The molecule has 1 amide bonds. The van der Waals surface area contributed by atoms with Crippen LogP contribution >= 0.6 is 23.4 Å². The summed E-state index contributed by atoms with van der Waals surface area (Å²) >= 11 is 7.47. The number of thioether (sulfide) groups is 1. The predicted molar refractivity (Wildman–Crippen MR) is 116 cm³/mol. The van der Waals surface area contributed by atoms with Crippen molar-refractivity contribution in [2.75, 3.05) is 12.4 Å². The van der Waals surface area contributed by atoms with Crippen molar-refractivity contribution < 1.29 is 9.53 Å². The van der Waals surface area contributed by atoms with Gasteiger partial charge in [0.05, 0.1) is 19.2 Å². The van der Waals surface area contributed by atoms with Gasteiger partial charge in [-0.2, -0.15) is 0 Å². The number of anilines is 1. The fraction of sp³-hybridized carbons (Fsp3) is 0.190. The molecule has 1 heterocycles. The van der Waals surface area contributed by atoms with Gasteiger partial charge in [0, 0.05) is 22.5 Å². The number of hydrogen-bond donors (Lipinski definition) is 2. The SMILES string of the molecule is COc1cccc(CSc2nc(CC(=O)Nc3ccc(C)c(Cl)c3)cc(=O)[nH]2)c1. The summed E-state index contributed by atoms with van der Waals surface area (Å²) < 4.78 is 5.22. The molecule has 0 aliphatic heterocycles. The first-order chi connectivity index (χ1) is 13.9. The van der Waals surface area contributed by atoms with Crippen LogP contribution < -0.4 is 15.6 Å². The monoisotopic (exact) mass is 429 g/mol. The number of carbonyl (C=O) groups excluding carboxylic acids is 1. The molecular weight excluding hydrogens is 410 g/mol. The number of amides is 1. The molecule has 6 nitrogen and oxygen atoms in total. The Labute approximate surface area is 177 Å². The molecule has 0 fully saturated rings. The van der Waals surface area contributed by atoms with E-state index in [1.165, 1.54) is 17.8 Å². The lowest BCUT2D eigenvalue weighted by Gasteiger charge is -2.08. The first kappa shape index (κ1) is 21.0. The summed E-state index contributed by atoms with van der Waals surface area (Å²) in [6.45, 7) is 1.89.